The van der Waals surface area contributed by atoms with Gasteiger partial charge in [-0.3, -0.25) is 0 Å². The molecule has 0 unspecified atom stereocenters. The molecule has 0 heterocycles. The molecule has 3 aromatic carbocycles. The zero-order valence-electron chi connectivity index (χ0n) is 19.6. The maximum absolute atomic E-state index is 12.5. The van der Waals surface area contributed by atoms with Crippen molar-refractivity contribution in [3.63, 3.8) is 0 Å². The van der Waals surface area contributed by atoms with E-state index in [1.165, 1.54) is 0 Å². The van der Waals surface area contributed by atoms with Crippen LogP contribution in [0.1, 0.15) is 43.4 Å². The Morgan fingerprint density at radius 2 is 1.50 bits per heavy atom. The Morgan fingerprint density at radius 1 is 0.941 bits per heavy atom. The molecule has 3 aromatic rings. The largest absolute Gasteiger partial charge is 0.480 e. The van der Waals surface area contributed by atoms with Crippen LogP contribution >= 0.6 is 11.8 Å². The topological polar surface area (TPSA) is 75.6 Å². The van der Waals surface area contributed by atoms with Crippen molar-refractivity contribution in [2.45, 2.75) is 48.8 Å². The lowest BCUT2D eigenvalue weighted by Crippen LogP contribution is -2.42. The molecule has 34 heavy (non-hydrogen) atoms. The second kappa shape index (κ2) is 9.94. The Balaban J connectivity index is 1.38. The number of rotatable bonds is 7. The number of ether oxygens (including phenoxy) is 1. The van der Waals surface area contributed by atoms with Crippen molar-refractivity contribution in [3.8, 4) is 11.1 Å². The monoisotopic (exact) mass is 475 g/mol. The summed E-state index contributed by atoms with van der Waals surface area (Å²) in [5.41, 5.74) is 5.34. The molecule has 1 aliphatic carbocycles. The Kier molecular flexibility index (Phi) is 6.98. The molecule has 0 fully saturated rings. The summed E-state index contributed by atoms with van der Waals surface area (Å²) < 4.78 is 5.61. The van der Waals surface area contributed by atoms with Gasteiger partial charge in [-0.1, -0.05) is 81.4 Å². The predicted molar refractivity (Wildman–Crippen MR) is 135 cm³/mol. The number of carbonyl (C=O) groups is 2. The first kappa shape index (κ1) is 23.9. The van der Waals surface area contributed by atoms with Crippen LogP contribution in [-0.2, 0) is 16.0 Å². The molecular formula is C28H29NO4S. The Hall–Kier alpha value is -3.25. The maximum atomic E-state index is 12.5. The molecular weight excluding hydrogens is 446 g/mol. The van der Waals surface area contributed by atoms with Gasteiger partial charge in [0.15, 0.2) is 0 Å². The van der Waals surface area contributed by atoms with Gasteiger partial charge in [-0.25, -0.2) is 9.59 Å². The summed E-state index contributed by atoms with van der Waals surface area (Å²) in [6, 6.07) is 22.9. The van der Waals surface area contributed by atoms with Gasteiger partial charge < -0.3 is 15.2 Å². The number of amides is 1. The first-order valence-corrected chi connectivity index (χ1v) is 12.2. The minimum absolute atomic E-state index is 0.0747. The lowest BCUT2D eigenvalue weighted by atomic mass is 9.98. The molecule has 1 aliphatic rings. The molecule has 4 rings (SSSR count). The Bertz CT molecular complexity index is 1140. The van der Waals surface area contributed by atoms with Crippen LogP contribution in [0.15, 0.2) is 77.7 Å². The summed E-state index contributed by atoms with van der Waals surface area (Å²) in [6.45, 7) is 6.57. The van der Waals surface area contributed by atoms with Crippen molar-refractivity contribution < 1.29 is 19.4 Å². The number of carboxylic acid groups (broad SMARTS) is 1. The smallest absolute Gasteiger partial charge is 0.407 e. The molecule has 0 aromatic heterocycles. The standard InChI is InChI=1S/C28H29NO4S/c1-28(2,3)34-19-14-12-18(13-15-19)16-25(26(30)31)29-27(32)33-17-24-22-10-6-4-8-20(22)21-9-5-7-11-23(21)24/h4-15,24-25H,16-17H2,1-3H3,(H,29,32)(H,30,31)/t25-/m0/s1. The molecule has 5 nitrogen and oxygen atoms in total. The molecule has 0 radical (unpaired) electrons. The van der Waals surface area contributed by atoms with E-state index >= 15 is 0 Å². The first-order valence-electron chi connectivity index (χ1n) is 11.3. The molecule has 0 spiro atoms. The first-order chi connectivity index (χ1) is 16.2. The Morgan fingerprint density at radius 3 is 2.03 bits per heavy atom. The van der Waals surface area contributed by atoms with E-state index in [1.54, 1.807) is 11.8 Å². The molecule has 1 amide bonds. The van der Waals surface area contributed by atoms with Crippen LogP contribution in [0, 0.1) is 0 Å². The van der Waals surface area contributed by atoms with Crippen LogP contribution in [0.5, 0.6) is 0 Å². The van der Waals surface area contributed by atoms with Crippen LogP contribution in [-0.4, -0.2) is 34.6 Å². The molecule has 176 valence electrons. The summed E-state index contributed by atoms with van der Waals surface area (Å²) in [5.74, 6) is -1.17. The van der Waals surface area contributed by atoms with Crippen LogP contribution in [0.3, 0.4) is 0 Å². The summed E-state index contributed by atoms with van der Waals surface area (Å²) in [6.07, 6.45) is -0.547. The van der Waals surface area contributed by atoms with Crippen LogP contribution < -0.4 is 5.32 Å². The van der Waals surface area contributed by atoms with Gasteiger partial charge in [0.05, 0.1) is 0 Å². The number of fused-ring (bicyclic) bond motifs is 3. The molecule has 0 bridgehead atoms. The predicted octanol–water partition coefficient (Wildman–Crippen LogP) is 6.11. The third-order valence-electron chi connectivity index (χ3n) is 5.72. The highest BCUT2D eigenvalue weighted by Gasteiger charge is 2.29. The van der Waals surface area contributed by atoms with Crippen molar-refractivity contribution in [2.24, 2.45) is 0 Å². The number of hydrogen-bond donors (Lipinski definition) is 2. The number of hydrogen-bond acceptors (Lipinski definition) is 4. The number of alkyl carbamates (subject to hydrolysis) is 1. The highest BCUT2D eigenvalue weighted by molar-refractivity contribution is 8.00. The van der Waals surface area contributed by atoms with E-state index < -0.39 is 18.1 Å². The normalized spacial score (nSPS) is 13.6. The van der Waals surface area contributed by atoms with Crippen LogP contribution in [0.25, 0.3) is 11.1 Å². The fourth-order valence-corrected chi connectivity index (χ4v) is 5.24. The summed E-state index contributed by atoms with van der Waals surface area (Å²) in [4.78, 5) is 25.5. The van der Waals surface area contributed by atoms with Crippen LogP contribution in [0.2, 0.25) is 0 Å². The molecule has 6 heteroatoms. The number of thioether (sulfide) groups is 1. The highest BCUT2D eigenvalue weighted by atomic mass is 32.2. The van der Waals surface area contributed by atoms with Gasteiger partial charge in [-0.2, -0.15) is 0 Å². The van der Waals surface area contributed by atoms with Crippen molar-refractivity contribution in [3.05, 3.63) is 89.5 Å². The number of nitrogens with one attached hydrogen (secondary N) is 1. The molecule has 0 saturated heterocycles. The second-order valence-corrected chi connectivity index (χ2v) is 11.3. The zero-order valence-corrected chi connectivity index (χ0v) is 20.4. The maximum Gasteiger partial charge on any atom is 0.407 e. The molecule has 1 atom stereocenters. The molecule has 2 N–H and O–H groups in total. The second-order valence-electron chi connectivity index (χ2n) is 9.42. The van der Waals surface area contributed by atoms with E-state index in [1.807, 2.05) is 60.7 Å². The van der Waals surface area contributed by atoms with Crippen LogP contribution in [0.4, 0.5) is 4.79 Å². The van der Waals surface area contributed by atoms with Gasteiger partial charge >= 0.3 is 12.1 Å². The number of carbonyl (C=O) groups excluding carboxylic acids is 1. The van der Waals surface area contributed by atoms with Gasteiger partial charge in [-0.15, -0.1) is 11.8 Å². The minimum Gasteiger partial charge on any atom is -0.480 e. The van der Waals surface area contributed by atoms with Gasteiger partial charge in [0.2, 0.25) is 0 Å². The average Bonchev–Trinajstić information content (AvgIpc) is 3.11. The number of aliphatic carboxylic acids is 1. The van der Waals surface area contributed by atoms with Gasteiger partial charge in [0.25, 0.3) is 0 Å². The SMILES string of the molecule is CC(C)(C)Sc1ccc(C[C@H](NC(=O)OCC2c3ccccc3-c3ccccc32)C(=O)O)cc1. The van der Waals surface area contributed by atoms with E-state index in [4.69, 9.17) is 4.74 Å². The van der Waals surface area contributed by atoms with E-state index in [9.17, 15) is 14.7 Å². The third kappa shape index (κ3) is 5.62. The third-order valence-corrected chi connectivity index (χ3v) is 6.84. The fourth-order valence-electron chi connectivity index (χ4n) is 4.27. The van der Waals surface area contributed by atoms with Gasteiger partial charge in [-0.05, 0) is 39.9 Å². The lowest BCUT2D eigenvalue weighted by Gasteiger charge is -2.19. The average molecular weight is 476 g/mol. The van der Waals surface area contributed by atoms with Crippen molar-refractivity contribution in [1.82, 2.24) is 5.32 Å². The van der Waals surface area contributed by atoms with Gasteiger partial charge in [0, 0.05) is 22.0 Å². The Labute approximate surface area is 204 Å². The summed E-state index contributed by atoms with van der Waals surface area (Å²) >= 11 is 1.75. The van der Waals surface area contributed by atoms with E-state index in [-0.39, 0.29) is 23.7 Å². The van der Waals surface area contributed by atoms with Crippen molar-refractivity contribution >= 4 is 23.8 Å². The van der Waals surface area contributed by atoms with E-state index in [0.29, 0.717) is 0 Å². The van der Waals surface area contributed by atoms with Crippen molar-refractivity contribution in [2.75, 3.05) is 6.61 Å². The molecule has 0 aliphatic heterocycles. The van der Waals surface area contributed by atoms with E-state index in [0.717, 1.165) is 32.7 Å². The van der Waals surface area contributed by atoms with E-state index in [2.05, 4.69) is 38.2 Å². The minimum atomic E-state index is -1.10. The van der Waals surface area contributed by atoms with Crippen molar-refractivity contribution in [1.29, 1.82) is 0 Å². The zero-order chi connectivity index (χ0) is 24.3. The van der Waals surface area contributed by atoms with Gasteiger partial charge in [0.1, 0.15) is 12.6 Å². The highest BCUT2D eigenvalue weighted by Crippen LogP contribution is 2.44. The lowest BCUT2D eigenvalue weighted by molar-refractivity contribution is -0.139. The quantitative estimate of drug-likeness (QED) is 0.403. The summed E-state index contributed by atoms with van der Waals surface area (Å²) in [5, 5.41) is 12.2. The number of benzene rings is 3. The fraction of sp³-hybridized carbons (Fsp3) is 0.286. The summed E-state index contributed by atoms with van der Waals surface area (Å²) in [7, 11) is 0. The molecule has 0 saturated carbocycles. The number of carboxylic acids is 1.